The van der Waals surface area contributed by atoms with Gasteiger partial charge in [0.25, 0.3) is 0 Å². The van der Waals surface area contributed by atoms with Crippen LogP contribution in [0.25, 0.3) is 44.2 Å². The zero-order chi connectivity index (χ0) is 33.4. The average Bonchev–Trinajstić information content (AvgIpc) is 3.68. The number of nitrogens with zero attached hydrogens (tertiary/aromatic N) is 4. The first-order valence-electron chi connectivity index (χ1n) is 16.8. The molecule has 0 saturated carbocycles. The van der Waals surface area contributed by atoms with Crippen LogP contribution in [0.1, 0.15) is 5.56 Å². The molecule has 8 aromatic rings. The molecule has 0 spiro atoms. The van der Waals surface area contributed by atoms with Gasteiger partial charge in [-0.15, -0.1) is 0 Å². The highest BCUT2D eigenvalue weighted by Crippen LogP contribution is 2.54. The molecule has 0 atom stereocenters. The van der Waals surface area contributed by atoms with Crippen LogP contribution in [-0.4, -0.2) is 9.36 Å². The molecule has 0 unspecified atom stereocenters. The van der Waals surface area contributed by atoms with Crippen molar-refractivity contribution >= 4 is 45.7 Å². The van der Waals surface area contributed by atoms with Gasteiger partial charge in [-0.2, -0.15) is 4.37 Å². The predicted octanol–water partition coefficient (Wildman–Crippen LogP) is 12.8. The van der Waals surface area contributed by atoms with Gasteiger partial charge >= 0.3 is 0 Å². The highest BCUT2D eigenvalue weighted by Gasteiger charge is 2.30. The highest BCUT2D eigenvalue weighted by molar-refractivity contribution is 7.09. The van der Waals surface area contributed by atoms with Crippen LogP contribution in [0, 0.1) is 6.92 Å². The SMILES string of the molecule is Cc1cc(-c2ccccc2)cc(N2c3ccccc3N(c3cccc(-c4nsc(-c5cccc(-c6ccccc6)c5)n4)c3)c3ccccc32)c1. The van der Waals surface area contributed by atoms with E-state index in [9.17, 15) is 0 Å². The minimum Gasteiger partial charge on any atom is -0.306 e. The number of anilines is 6. The van der Waals surface area contributed by atoms with Crippen molar-refractivity contribution in [3.63, 3.8) is 0 Å². The number of para-hydroxylation sites is 4. The summed E-state index contributed by atoms with van der Waals surface area (Å²) in [6.07, 6.45) is 0. The second-order valence-corrected chi connectivity index (χ2v) is 13.2. The molecule has 238 valence electrons. The van der Waals surface area contributed by atoms with E-state index < -0.39 is 0 Å². The standard InChI is InChI=1S/C45H32N4S/c1-31-26-37(33-16-6-3-7-17-33)30-39(27-31)49-42-24-10-8-22-40(42)48(41-23-9-11-25-43(41)49)38-21-13-19-35(29-38)44-46-45(50-47-44)36-20-12-18-34(28-36)32-14-4-2-5-15-32/h2-30H,1H3. The summed E-state index contributed by atoms with van der Waals surface area (Å²) in [5.41, 5.74) is 14.7. The lowest BCUT2D eigenvalue weighted by atomic mass is 10.00. The van der Waals surface area contributed by atoms with Crippen molar-refractivity contribution in [2.75, 3.05) is 9.80 Å². The molecule has 50 heavy (non-hydrogen) atoms. The van der Waals surface area contributed by atoms with Crippen LogP contribution in [0.3, 0.4) is 0 Å². The van der Waals surface area contributed by atoms with Gasteiger partial charge in [-0.1, -0.05) is 121 Å². The average molecular weight is 661 g/mol. The maximum absolute atomic E-state index is 5.03. The van der Waals surface area contributed by atoms with Crippen LogP contribution in [0.2, 0.25) is 0 Å². The highest BCUT2D eigenvalue weighted by atomic mass is 32.1. The second-order valence-electron chi connectivity index (χ2n) is 12.5. The fourth-order valence-corrected chi connectivity index (χ4v) is 7.57. The van der Waals surface area contributed by atoms with E-state index in [2.05, 4.69) is 187 Å². The summed E-state index contributed by atoms with van der Waals surface area (Å²) in [5, 5.41) is 0.903. The van der Waals surface area contributed by atoms with Gasteiger partial charge in [-0.05, 0) is 101 Å². The first-order valence-corrected chi connectivity index (χ1v) is 17.5. The molecular weight excluding hydrogens is 629 g/mol. The first-order chi connectivity index (χ1) is 24.7. The summed E-state index contributed by atoms with van der Waals surface area (Å²) in [6, 6.07) is 62.3. The molecule has 0 bridgehead atoms. The van der Waals surface area contributed by atoms with Crippen molar-refractivity contribution in [1.29, 1.82) is 0 Å². The van der Waals surface area contributed by atoms with Crippen LogP contribution >= 0.6 is 11.5 Å². The molecule has 0 N–H and O–H groups in total. The topological polar surface area (TPSA) is 32.3 Å². The van der Waals surface area contributed by atoms with Crippen molar-refractivity contribution in [2.24, 2.45) is 0 Å². The largest absolute Gasteiger partial charge is 0.306 e. The van der Waals surface area contributed by atoms with Gasteiger partial charge in [0.2, 0.25) is 0 Å². The lowest BCUT2D eigenvalue weighted by Gasteiger charge is -2.40. The molecule has 7 aromatic carbocycles. The summed E-state index contributed by atoms with van der Waals surface area (Å²) in [7, 11) is 0. The Bertz CT molecular complexity index is 2420. The fourth-order valence-electron chi connectivity index (χ4n) is 6.89. The van der Waals surface area contributed by atoms with E-state index in [0.717, 1.165) is 56.1 Å². The van der Waals surface area contributed by atoms with Gasteiger partial charge in [-0.3, -0.25) is 0 Å². The van der Waals surface area contributed by atoms with Crippen LogP contribution in [0.4, 0.5) is 34.1 Å². The quantitative estimate of drug-likeness (QED) is 0.178. The molecule has 1 aliphatic rings. The number of benzene rings is 7. The zero-order valence-electron chi connectivity index (χ0n) is 27.4. The smallest absolute Gasteiger partial charge is 0.173 e. The van der Waals surface area contributed by atoms with Crippen molar-refractivity contribution in [3.05, 3.63) is 181 Å². The number of hydrogen-bond donors (Lipinski definition) is 0. The van der Waals surface area contributed by atoms with Crippen molar-refractivity contribution in [1.82, 2.24) is 9.36 Å². The lowest BCUT2D eigenvalue weighted by molar-refractivity contribution is 1.17. The third-order valence-electron chi connectivity index (χ3n) is 9.16. The van der Waals surface area contributed by atoms with Crippen molar-refractivity contribution in [3.8, 4) is 44.2 Å². The first kappa shape index (κ1) is 29.8. The van der Waals surface area contributed by atoms with Crippen LogP contribution < -0.4 is 9.80 Å². The normalized spacial score (nSPS) is 12.0. The Kier molecular flexibility index (Phi) is 7.52. The van der Waals surface area contributed by atoms with Gasteiger partial charge in [0, 0.05) is 22.5 Å². The Balaban J connectivity index is 1.11. The molecule has 1 aromatic heterocycles. The van der Waals surface area contributed by atoms with E-state index in [4.69, 9.17) is 9.36 Å². The van der Waals surface area contributed by atoms with Crippen molar-refractivity contribution in [2.45, 2.75) is 6.92 Å². The van der Waals surface area contributed by atoms with Crippen molar-refractivity contribution < 1.29 is 0 Å². The monoisotopic (exact) mass is 660 g/mol. The van der Waals surface area contributed by atoms with E-state index in [1.165, 1.54) is 39.3 Å². The third-order valence-corrected chi connectivity index (χ3v) is 9.92. The molecule has 9 rings (SSSR count). The van der Waals surface area contributed by atoms with Crippen LogP contribution in [0.5, 0.6) is 0 Å². The van der Waals surface area contributed by atoms with Gasteiger partial charge in [0.05, 0.1) is 22.7 Å². The van der Waals surface area contributed by atoms with Crippen LogP contribution in [-0.2, 0) is 0 Å². The summed E-state index contributed by atoms with van der Waals surface area (Å²) in [4.78, 5) is 9.78. The maximum Gasteiger partial charge on any atom is 0.173 e. The van der Waals surface area contributed by atoms with E-state index in [0.29, 0.717) is 0 Å². The summed E-state index contributed by atoms with van der Waals surface area (Å²) in [5.74, 6) is 0.727. The molecule has 4 nitrogen and oxygen atoms in total. The van der Waals surface area contributed by atoms with E-state index in [1.54, 1.807) is 0 Å². The van der Waals surface area contributed by atoms with E-state index >= 15 is 0 Å². The Morgan fingerprint density at radius 3 is 1.56 bits per heavy atom. The number of rotatable bonds is 6. The molecule has 0 fully saturated rings. The molecule has 5 heteroatoms. The molecule has 0 amide bonds. The summed E-state index contributed by atoms with van der Waals surface area (Å²) in [6.45, 7) is 2.17. The Morgan fingerprint density at radius 2 is 0.900 bits per heavy atom. The summed E-state index contributed by atoms with van der Waals surface area (Å²) >= 11 is 1.44. The summed E-state index contributed by atoms with van der Waals surface area (Å²) < 4.78 is 4.84. The maximum atomic E-state index is 5.03. The van der Waals surface area contributed by atoms with E-state index in [1.807, 2.05) is 6.07 Å². The third kappa shape index (κ3) is 5.44. The zero-order valence-corrected chi connectivity index (χ0v) is 28.3. The molecule has 0 saturated heterocycles. The van der Waals surface area contributed by atoms with Gasteiger partial charge in [-0.25, -0.2) is 4.98 Å². The minimum atomic E-state index is 0.727. The van der Waals surface area contributed by atoms with Gasteiger partial charge in [0.1, 0.15) is 5.01 Å². The Labute approximate surface area is 296 Å². The molecule has 2 heterocycles. The predicted molar refractivity (Wildman–Crippen MR) is 209 cm³/mol. The Morgan fingerprint density at radius 1 is 0.400 bits per heavy atom. The minimum absolute atomic E-state index is 0.727. The molecule has 0 radical (unpaired) electrons. The number of fused-ring (bicyclic) bond motifs is 2. The fraction of sp³-hybridized carbons (Fsp3) is 0.0222. The lowest BCUT2D eigenvalue weighted by Crippen LogP contribution is -2.24. The van der Waals surface area contributed by atoms with Gasteiger partial charge in [0.15, 0.2) is 5.82 Å². The molecule has 0 aliphatic carbocycles. The van der Waals surface area contributed by atoms with Gasteiger partial charge < -0.3 is 9.80 Å². The number of hydrogen-bond acceptors (Lipinski definition) is 5. The molecule has 1 aliphatic heterocycles. The second kappa shape index (κ2) is 12.6. The molecular formula is C45H32N4S. The van der Waals surface area contributed by atoms with Crippen LogP contribution in [0.15, 0.2) is 176 Å². The van der Waals surface area contributed by atoms with E-state index in [-0.39, 0.29) is 0 Å². The Hall–Kier alpha value is -6.30. The number of aryl methyl sites for hydroxylation is 1. The number of aromatic nitrogens is 2.